The van der Waals surface area contributed by atoms with Crippen molar-refractivity contribution < 1.29 is 19.1 Å². The molecule has 5 heteroatoms. The zero-order chi connectivity index (χ0) is 23.1. The van der Waals surface area contributed by atoms with Crippen molar-refractivity contribution in [2.75, 3.05) is 14.2 Å². The summed E-state index contributed by atoms with van der Waals surface area (Å²) in [4.78, 5) is 30.0. The largest absolute Gasteiger partial charge is 0.497 e. The lowest BCUT2D eigenvalue weighted by molar-refractivity contribution is 0.104. The Hall–Kier alpha value is -3.99. The first-order valence-electron chi connectivity index (χ1n) is 10.1. The highest BCUT2D eigenvalue weighted by molar-refractivity contribution is 6.12. The molecule has 5 nitrogen and oxygen atoms in total. The molecule has 0 N–H and O–H groups in total. The van der Waals surface area contributed by atoms with Gasteiger partial charge in [-0.25, -0.2) is 0 Å². The van der Waals surface area contributed by atoms with Crippen LogP contribution in [-0.2, 0) is 0 Å². The Bertz CT molecular complexity index is 1080. The van der Waals surface area contributed by atoms with Gasteiger partial charge in [-0.3, -0.25) is 14.6 Å². The van der Waals surface area contributed by atoms with Crippen LogP contribution in [0.15, 0.2) is 66.7 Å². The number of carbonyl (C=O) groups is 2. The minimum absolute atomic E-state index is 0.209. The number of ether oxygens (including phenoxy) is 2. The van der Waals surface area contributed by atoms with Crippen LogP contribution >= 0.6 is 0 Å². The van der Waals surface area contributed by atoms with E-state index < -0.39 is 0 Å². The van der Waals surface area contributed by atoms with Crippen LogP contribution < -0.4 is 9.47 Å². The molecule has 0 saturated heterocycles. The third-order valence-corrected chi connectivity index (χ3v) is 5.02. The normalized spacial score (nSPS) is 11.1. The standard InChI is InChI=1S/C27H25NO4/c1-18-24(26(29)15-9-20-5-11-22(31-3)12-6-20)17-25(19(2)28-18)27(30)16-10-21-7-13-23(32-4)14-8-21/h5-17H,1-4H3/b15-9+,16-10+. The van der Waals surface area contributed by atoms with Crippen LogP contribution in [0, 0.1) is 13.8 Å². The molecule has 0 amide bonds. The molecule has 0 saturated carbocycles. The van der Waals surface area contributed by atoms with Gasteiger partial charge in [-0.1, -0.05) is 36.4 Å². The molecule has 0 spiro atoms. The van der Waals surface area contributed by atoms with Gasteiger partial charge >= 0.3 is 0 Å². The molecule has 0 aliphatic rings. The van der Waals surface area contributed by atoms with Gasteiger partial charge in [0.1, 0.15) is 11.5 Å². The summed E-state index contributed by atoms with van der Waals surface area (Å²) in [7, 11) is 3.21. The van der Waals surface area contributed by atoms with Gasteiger partial charge in [-0.2, -0.15) is 0 Å². The van der Waals surface area contributed by atoms with E-state index in [2.05, 4.69) is 4.98 Å². The summed E-state index contributed by atoms with van der Waals surface area (Å²) in [6, 6.07) is 16.4. The molecule has 3 rings (SSSR count). The number of benzene rings is 2. The minimum Gasteiger partial charge on any atom is -0.497 e. The Kier molecular flexibility index (Phi) is 7.34. The number of hydrogen-bond acceptors (Lipinski definition) is 5. The van der Waals surface area contributed by atoms with Crippen LogP contribution in [0.5, 0.6) is 11.5 Å². The summed E-state index contributed by atoms with van der Waals surface area (Å²) in [5.41, 5.74) is 3.72. The van der Waals surface area contributed by atoms with Gasteiger partial charge in [-0.15, -0.1) is 0 Å². The maximum Gasteiger partial charge on any atom is 0.187 e. The Morgan fingerprint density at radius 2 is 1.06 bits per heavy atom. The number of pyridine rings is 1. The minimum atomic E-state index is -0.209. The smallest absolute Gasteiger partial charge is 0.187 e. The second kappa shape index (κ2) is 10.4. The Balaban J connectivity index is 1.80. The third kappa shape index (κ3) is 5.58. The fourth-order valence-electron chi connectivity index (χ4n) is 3.18. The summed E-state index contributed by atoms with van der Waals surface area (Å²) in [6.07, 6.45) is 6.43. The predicted molar refractivity (Wildman–Crippen MR) is 126 cm³/mol. The topological polar surface area (TPSA) is 65.5 Å². The predicted octanol–water partition coefficient (Wildman–Crippen LogP) is 5.51. The van der Waals surface area contributed by atoms with E-state index in [4.69, 9.17) is 9.47 Å². The van der Waals surface area contributed by atoms with Gasteiger partial charge in [0.05, 0.1) is 14.2 Å². The molecule has 3 aromatic rings. The quantitative estimate of drug-likeness (QED) is 0.350. The Labute approximate surface area is 188 Å². The van der Waals surface area contributed by atoms with Crippen molar-refractivity contribution in [3.05, 3.63) is 100 Å². The first-order valence-corrected chi connectivity index (χ1v) is 10.1. The second-order valence-corrected chi connectivity index (χ2v) is 7.20. The van der Waals surface area contributed by atoms with E-state index >= 15 is 0 Å². The van der Waals surface area contributed by atoms with Gasteiger partial charge in [0.2, 0.25) is 0 Å². The Morgan fingerprint density at radius 1 is 0.688 bits per heavy atom. The van der Waals surface area contributed by atoms with Crippen molar-refractivity contribution in [3.8, 4) is 11.5 Å². The molecule has 0 atom stereocenters. The molecule has 0 aliphatic carbocycles. The van der Waals surface area contributed by atoms with E-state index in [9.17, 15) is 9.59 Å². The molecule has 0 bridgehead atoms. The highest BCUT2D eigenvalue weighted by Crippen LogP contribution is 2.18. The third-order valence-electron chi connectivity index (χ3n) is 5.02. The van der Waals surface area contributed by atoms with Crippen LogP contribution in [0.4, 0.5) is 0 Å². The van der Waals surface area contributed by atoms with Gasteiger partial charge in [-0.05, 0) is 67.5 Å². The van der Waals surface area contributed by atoms with Gasteiger partial charge in [0.25, 0.3) is 0 Å². The number of aryl methyl sites for hydroxylation is 2. The molecule has 0 unspecified atom stereocenters. The van der Waals surface area contributed by atoms with Crippen molar-refractivity contribution in [2.45, 2.75) is 13.8 Å². The average molecular weight is 428 g/mol. The highest BCUT2D eigenvalue weighted by atomic mass is 16.5. The first-order chi connectivity index (χ1) is 15.4. The molecule has 2 aromatic carbocycles. The fourth-order valence-corrected chi connectivity index (χ4v) is 3.18. The number of rotatable bonds is 8. The van der Waals surface area contributed by atoms with Crippen molar-refractivity contribution in [2.24, 2.45) is 0 Å². The average Bonchev–Trinajstić information content (AvgIpc) is 2.81. The van der Waals surface area contributed by atoms with Crippen LogP contribution in [0.25, 0.3) is 12.2 Å². The van der Waals surface area contributed by atoms with Crippen LogP contribution in [0.3, 0.4) is 0 Å². The second-order valence-electron chi connectivity index (χ2n) is 7.20. The van der Waals surface area contributed by atoms with Gasteiger partial charge in [0, 0.05) is 22.5 Å². The molecule has 32 heavy (non-hydrogen) atoms. The van der Waals surface area contributed by atoms with E-state index in [1.54, 1.807) is 46.3 Å². The molecule has 0 radical (unpaired) electrons. The monoisotopic (exact) mass is 427 g/mol. The maximum atomic E-state index is 12.8. The number of nitrogens with zero attached hydrogens (tertiary/aromatic N) is 1. The number of ketones is 2. The summed E-state index contributed by atoms with van der Waals surface area (Å²) in [5, 5.41) is 0. The van der Waals surface area contributed by atoms with Crippen molar-refractivity contribution in [3.63, 3.8) is 0 Å². The van der Waals surface area contributed by atoms with Crippen molar-refractivity contribution >= 4 is 23.7 Å². The first kappa shape index (κ1) is 22.7. The van der Waals surface area contributed by atoms with E-state index in [0.29, 0.717) is 22.5 Å². The highest BCUT2D eigenvalue weighted by Gasteiger charge is 2.15. The summed E-state index contributed by atoms with van der Waals surface area (Å²) in [5.74, 6) is 1.08. The molecule has 0 aliphatic heterocycles. The lowest BCUT2D eigenvalue weighted by Crippen LogP contribution is -2.08. The molecular formula is C27H25NO4. The van der Waals surface area contributed by atoms with Crippen LogP contribution in [0.1, 0.15) is 43.2 Å². The molecule has 1 aromatic heterocycles. The lowest BCUT2D eigenvalue weighted by Gasteiger charge is -2.08. The molecular weight excluding hydrogens is 402 g/mol. The summed E-state index contributed by atoms with van der Waals surface area (Å²) < 4.78 is 10.3. The Morgan fingerprint density at radius 3 is 1.41 bits per heavy atom. The summed E-state index contributed by atoms with van der Waals surface area (Å²) >= 11 is 0. The van der Waals surface area contributed by atoms with Crippen molar-refractivity contribution in [1.82, 2.24) is 4.98 Å². The molecule has 1 heterocycles. The molecule has 162 valence electrons. The fraction of sp³-hybridized carbons (Fsp3) is 0.148. The number of methoxy groups -OCH3 is 2. The zero-order valence-corrected chi connectivity index (χ0v) is 18.6. The lowest BCUT2D eigenvalue weighted by atomic mass is 10.0. The van der Waals surface area contributed by atoms with E-state index in [-0.39, 0.29) is 11.6 Å². The van der Waals surface area contributed by atoms with Gasteiger partial charge in [0.15, 0.2) is 11.6 Å². The number of aromatic nitrogens is 1. The SMILES string of the molecule is COc1ccc(/C=C/C(=O)c2cc(C(=O)/C=C/c3ccc(OC)cc3)c(C)nc2C)cc1. The van der Waals surface area contributed by atoms with Crippen LogP contribution in [-0.4, -0.2) is 30.8 Å². The van der Waals surface area contributed by atoms with Gasteiger partial charge < -0.3 is 9.47 Å². The number of carbonyl (C=O) groups excluding carboxylic acids is 2. The van der Waals surface area contributed by atoms with E-state index in [1.165, 1.54) is 12.2 Å². The van der Waals surface area contributed by atoms with E-state index in [1.807, 2.05) is 48.5 Å². The van der Waals surface area contributed by atoms with Crippen LogP contribution in [0.2, 0.25) is 0 Å². The summed E-state index contributed by atoms with van der Waals surface area (Å²) in [6.45, 7) is 3.53. The van der Waals surface area contributed by atoms with Crippen molar-refractivity contribution in [1.29, 1.82) is 0 Å². The number of allylic oxidation sites excluding steroid dienone is 2. The zero-order valence-electron chi connectivity index (χ0n) is 18.6. The number of hydrogen-bond donors (Lipinski definition) is 0. The molecule has 0 fully saturated rings. The van der Waals surface area contributed by atoms with E-state index in [0.717, 1.165) is 22.6 Å². The maximum absolute atomic E-state index is 12.8.